The van der Waals surface area contributed by atoms with Gasteiger partial charge in [-0.2, -0.15) is 13.2 Å². The van der Waals surface area contributed by atoms with E-state index in [4.69, 9.17) is 21.1 Å². The van der Waals surface area contributed by atoms with E-state index in [1.807, 2.05) is 0 Å². The minimum absolute atomic E-state index is 0.0768. The van der Waals surface area contributed by atoms with Crippen molar-refractivity contribution in [3.05, 3.63) is 23.6 Å². The number of carbonyl (C=O) groups excluding carboxylic acids is 2. The first-order valence-corrected chi connectivity index (χ1v) is 10.6. The van der Waals surface area contributed by atoms with Gasteiger partial charge in [-0.25, -0.2) is 9.97 Å². The highest BCUT2D eigenvalue weighted by atomic mass is 35.5. The molecule has 0 radical (unpaired) electrons. The highest BCUT2D eigenvalue weighted by Gasteiger charge is 2.55. The number of aromatic nitrogens is 2. The number of likely N-dealkylation sites (tertiary alicyclic amines) is 1. The van der Waals surface area contributed by atoms with Crippen LogP contribution in [0.15, 0.2) is 18.5 Å². The van der Waals surface area contributed by atoms with Crippen molar-refractivity contribution in [2.24, 2.45) is 0 Å². The predicted molar refractivity (Wildman–Crippen MR) is 109 cm³/mol. The Kier molecular flexibility index (Phi) is 5.91. The number of piperidine rings is 1. The molecule has 1 aromatic heterocycles. The van der Waals surface area contributed by atoms with Crippen LogP contribution in [0.5, 0.6) is 11.5 Å². The van der Waals surface area contributed by atoms with E-state index >= 15 is 0 Å². The zero-order chi connectivity index (χ0) is 23.1. The number of alkyl halides is 3. The van der Waals surface area contributed by atoms with Crippen molar-refractivity contribution in [3.63, 3.8) is 0 Å². The summed E-state index contributed by atoms with van der Waals surface area (Å²) in [4.78, 5) is 33.6. The summed E-state index contributed by atoms with van der Waals surface area (Å²) in [7, 11) is 1.48. The van der Waals surface area contributed by atoms with Gasteiger partial charge in [0, 0.05) is 24.4 Å². The zero-order valence-corrected chi connectivity index (χ0v) is 18.0. The fourth-order valence-electron chi connectivity index (χ4n) is 4.64. The molecule has 0 unspecified atom stereocenters. The second kappa shape index (κ2) is 8.38. The fraction of sp³-hybridized carbons (Fsp3) is 0.524. The van der Waals surface area contributed by atoms with Crippen molar-refractivity contribution in [1.29, 1.82) is 0 Å². The molecular formula is C21H21ClF3N3O4. The maximum Gasteiger partial charge on any atom is 0.471 e. The minimum atomic E-state index is -5.02. The lowest BCUT2D eigenvalue weighted by molar-refractivity contribution is -0.196. The number of fused-ring (bicyclic) bond motifs is 1. The van der Waals surface area contributed by atoms with Crippen LogP contribution in [0.1, 0.15) is 38.5 Å². The third-order valence-corrected chi connectivity index (χ3v) is 6.54. The van der Waals surface area contributed by atoms with Crippen molar-refractivity contribution in [3.8, 4) is 11.5 Å². The van der Waals surface area contributed by atoms with Gasteiger partial charge in [0.1, 0.15) is 17.0 Å². The maximum absolute atomic E-state index is 13.1. The Morgan fingerprint density at radius 2 is 1.94 bits per heavy atom. The molecule has 1 aliphatic carbocycles. The Hall–Kier alpha value is -2.62. The number of benzene rings is 1. The van der Waals surface area contributed by atoms with E-state index in [1.54, 1.807) is 12.1 Å². The summed E-state index contributed by atoms with van der Waals surface area (Å²) in [5.74, 6) is -1.44. The van der Waals surface area contributed by atoms with Crippen molar-refractivity contribution in [2.45, 2.75) is 56.3 Å². The largest absolute Gasteiger partial charge is 0.493 e. The summed E-state index contributed by atoms with van der Waals surface area (Å²) in [5, 5.41) is 0.820. The SMILES string of the molecule is COc1cc2ncnc(Cl)c2cc1O[C@H]1CC[C@]2(CC1)C(=O)CCCN2C(=O)C(F)(F)F. The number of Topliss-reactive ketones (excluding diaryl/α,β-unsaturated/α-hetero) is 1. The van der Waals surface area contributed by atoms with Gasteiger partial charge in [-0.1, -0.05) is 11.6 Å². The molecule has 2 aromatic rings. The molecule has 2 heterocycles. The molecule has 0 N–H and O–H groups in total. The van der Waals surface area contributed by atoms with Crippen molar-refractivity contribution in [2.75, 3.05) is 13.7 Å². The third-order valence-electron chi connectivity index (χ3n) is 6.23. The molecule has 1 saturated carbocycles. The smallest absolute Gasteiger partial charge is 0.471 e. The lowest BCUT2D eigenvalue weighted by Gasteiger charge is -2.49. The van der Waals surface area contributed by atoms with Gasteiger partial charge < -0.3 is 14.4 Å². The normalized spacial score (nSPS) is 24.1. The average Bonchev–Trinajstić information content (AvgIpc) is 2.76. The Bertz CT molecular complexity index is 1050. The number of rotatable bonds is 3. The number of carbonyl (C=O) groups is 2. The first-order chi connectivity index (χ1) is 15.2. The molecule has 4 rings (SSSR count). The fourth-order valence-corrected chi connectivity index (χ4v) is 4.84. The topological polar surface area (TPSA) is 81.6 Å². The number of methoxy groups -OCH3 is 1. The number of ether oxygens (including phenoxy) is 2. The summed E-state index contributed by atoms with van der Waals surface area (Å²) in [6.45, 7) is -0.0768. The molecule has 0 atom stereocenters. The standard InChI is InChI=1S/C21H21ClF3N3O4/c1-31-15-10-14-13(18(22)27-11-26-14)9-16(15)32-12-4-6-20(7-5-12)17(29)3-2-8-28(20)19(30)21(23,24)25/h9-12H,2-8H2,1H3/t12-,20-. The minimum Gasteiger partial charge on any atom is -0.493 e. The van der Waals surface area contributed by atoms with Gasteiger partial charge >= 0.3 is 12.1 Å². The molecule has 2 aliphatic rings. The van der Waals surface area contributed by atoms with Gasteiger partial charge in [-0.15, -0.1) is 0 Å². The predicted octanol–water partition coefficient (Wildman–Crippen LogP) is 4.11. The van der Waals surface area contributed by atoms with E-state index in [9.17, 15) is 22.8 Å². The summed E-state index contributed by atoms with van der Waals surface area (Å²) in [5.41, 5.74) is -0.846. The lowest BCUT2D eigenvalue weighted by Crippen LogP contribution is -2.64. The van der Waals surface area contributed by atoms with Gasteiger partial charge in [0.15, 0.2) is 17.3 Å². The molecule has 7 nitrogen and oxygen atoms in total. The van der Waals surface area contributed by atoms with Crippen LogP contribution in [0, 0.1) is 0 Å². The molecule has 1 aliphatic heterocycles. The second-order valence-electron chi connectivity index (χ2n) is 8.01. The molecular weight excluding hydrogens is 451 g/mol. The van der Waals surface area contributed by atoms with Crippen molar-refractivity contribution >= 4 is 34.2 Å². The van der Waals surface area contributed by atoms with Gasteiger partial charge in [-0.3, -0.25) is 9.59 Å². The molecule has 1 saturated heterocycles. The van der Waals surface area contributed by atoms with Crippen LogP contribution >= 0.6 is 11.6 Å². The molecule has 1 amide bonds. The van der Waals surface area contributed by atoms with Crippen LogP contribution in [-0.4, -0.2) is 58.0 Å². The van der Waals surface area contributed by atoms with E-state index in [2.05, 4.69) is 9.97 Å². The van der Waals surface area contributed by atoms with E-state index in [1.165, 1.54) is 13.4 Å². The zero-order valence-electron chi connectivity index (χ0n) is 17.2. The van der Waals surface area contributed by atoms with E-state index < -0.39 is 17.6 Å². The number of hydrogen-bond donors (Lipinski definition) is 0. The van der Waals surface area contributed by atoms with Crippen LogP contribution in [0.2, 0.25) is 5.15 Å². The molecule has 0 bridgehead atoms. The van der Waals surface area contributed by atoms with Crippen molar-refractivity contribution in [1.82, 2.24) is 14.9 Å². The summed E-state index contributed by atoms with van der Waals surface area (Å²) in [6.07, 6.45) is -2.80. The Balaban J connectivity index is 1.55. The highest BCUT2D eigenvalue weighted by molar-refractivity contribution is 6.34. The Labute approximate surface area is 186 Å². The monoisotopic (exact) mass is 471 g/mol. The number of nitrogens with zero attached hydrogens (tertiary/aromatic N) is 3. The summed E-state index contributed by atoms with van der Waals surface area (Å²) in [6, 6.07) is 3.32. The summed E-state index contributed by atoms with van der Waals surface area (Å²) < 4.78 is 50.9. The quantitative estimate of drug-likeness (QED) is 0.627. The number of hydrogen-bond acceptors (Lipinski definition) is 6. The van der Waals surface area contributed by atoms with Crippen LogP contribution in [-0.2, 0) is 9.59 Å². The number of ketones is 1. The van der Waals surface area contributed by atoms with Crippen LogP contribution in [0.3, 0.4) is 0 Å². The van der Waals surface area contributed by atoms with Crippen LogP contribution < -0.4 is 9.47 Å². The van der Waals surface area contributed by atoms with Gasteiger partial charge in [0.2, 0.25) is 0 Å². The van der Waals surface area contributed by atoms with Gasteiger partial charge in [-0.05, 0) is 38.2 Å². The third kappa shape index (κ3) is 3.96. The lowest BCUT2D eigenvalue weighted by atomic mass is 9.73. The highest BCUT2D eigenvalue weighted by Crippen LogP contribution is 2.43. The van der Waals surface area contributed by atoms with Crippen LogP contribution in [0.25, 0.3) is 10.9 Å². The Morgan fingerprint density at radius 1 is 1.22 bits per heavy atom. The van der Waals surface area contributed by atoms with Crippen molar-refractivity contribution < 1.29 is 32.2 Å². The molecule has 1 spiro atoms. The van der Waals surface area contributed by atoms with Gasteiger partial charge in [0.05, 0.1) is 18.7 Å². The van der Waals surface area contributed by atoms with E-state index in [0.29, 0.717) is 35.2 Å². The molecule has 2 fully saturated rings. The first-order valence-electron chi connectivity index (χ1n) is 10.2. The van der Waals surface area contributed by atoms with E-state index in [-0.39, 0.29) is 49.3 Å². The summed E-state index contributed by atoms with van der Waals surface area (Å²) >= 11 is 6.15. The Morgan fingerprint density at radius 3 is 2.59 bits per heavy atom. The van der Waals surface area contributed by atoms with Gasteiger partial charge in [0.25, 0.3) is 0 Å². The van der Waals surface area contributed by atoms with E-state index in [0.717, 1.165) is 4.90 Å². The average molecular weight is 472 g/mol. The molecule has 1 aromatic carbocycles. The number of amides is 1. The second-order valence-corrected chi connectivity index (χ2v) is 8.37. The molecule has 172 valence electrons. The first kappa shape index (κ1) is 22.6. The number of halogens is 4. The molecule has 32 heavy (non-hydrogen) atoms. The maximum atomic E-state index is 13.1. The molecule has 11 heteroatoms. The van der Waals surface area contributed by atoms with Crippen LogP contribution in [0.4, 0.5) is 13.2 Å².